The average Bonchev–Trinajstić information content (AvgIpc) is 3.32. The maximum absolute atomic E-state index is 14.1. The van der Waals surface area contributed by atoms with Crippen LogP contribution >= 0.6 is 12.4 Å². The Morgan fingerprint density at radius 3 is 2.19 bits per heavy atom. The summed E-state index contributed by atoms with van der Waals surface area (Å²) in [5.41, 5.74) is 5.42. The van der Waals surface area contributed by atoms with Crippen molar-refractivity contribution in [3.8, 4) is 11.3 Å². The molecule has 0 unspecified atom stereocenters. The molecule has 43 heavy (non-hydrogen) atoms. The second-order valence-corrected chi connectivity index (χ2v) is 10.6. The third kappa shape index (κ3) is 6.85. The predicted molar refractivity (Wildman–Crippen MR) is 172 cm³/mol. The van der Waals surface area contributed by atoms with E-state index < -0.39 is 0 Å². The van der Waals surface area contributed by atoms with E-state index in [1.807, 2.05) is 42.3 Å². The topological polar surface area (TPSA) is 80.1 Å². The minimum absolute atomic E-state index is 0. The van der Waals surface area contributed by atoms with Gasteiger partial charge in [-0.2, -0.15) is 0 Å². The van der Waals surface area contributed by atoms with Crippen molar-refractivity contribution >= 4 is 40.9 Å². The van der Waals surface area contributed by atoms with E-state index in [9.17, 15) is 9.59 Å². The number of carbonyl (C=O) groups is 2. The molecule has 0 atom stereocenters. The van der Waals surface area contributed by atoms with Gasteiger partial charge in [0.25, 0.3) is 11.8 Å². The molecule has 0 radical (unpaired) electrons. The lowest BCUT2D eigenvalue weighted by Crippen LogP contribution is -2.49. The van der Waals surface area contributed by atoms with Crippen LogP contribution in [0.2, 0.25) is 0 Å². The van der Waals surface area contributed by atoms with Gasteiger partial charge in [-0.1, -0.05) is 42.0 Å². The lowest BCUT2D eigenvalue weighted by atomic mass is 10.0. The van der Waals surface area contributed by atoms with Gasteiger partial charge >= 0.3 is 0 Å². The molecule has 2 aromatic heterocycles. The summed E-state index contributed by atoms with van der Waals surface area (Å²) in [6, 6.07) is 20.1. The largest absolute Gasteiger partial charge is 0.383 e. The normalized spacial score (nSPS) is 13.2. The van der Waals surface area contributed by atoms with Crippen molar-refractivity contribution in [1.82, 2.24) is 19.4 Å². The molecule has 2 amide bonds. The third-order valence-electron chi connectivity index (χ3n) is 7.92. The molecule has 10 heteroatoms. The molecule has 9 nitrogen and oxygen atoms in total. The number of ether oxygens (including phenoxy) is 2. The number of carbonyl (C=O) groups excluding carboxylic acids is 2. The molecule has 228 valence electrons. The van der Waals surface area contributed by atoms with Gasteiger partial charge in [-0.05, 0) is 36.8 Å². The predicted octanol–water partition coefficient (Wildman–Crippen LogP) is 4.67. The molecule has 0 spiro atoms. The SMILES string of the molecule is COCCN(CCOC)C(=O)c1ccc(N2CCN(C(=O)c3c(-c4ccccc4)n(C)c4ccc(C)cc34)CC2)nc1.Cl. The summed E-state index contributed by atoms with van der Waals surface area (Å²) in [5, 5.41) is 0.982. The molecule has 3 heterocycles. The highest BCUT2D eigenvalue weighted by Gasteiger charge is 2.29. The van der Waals surface area contributed by atoms with E-state index in [4.69, 9.17) is 9.47 Å². The zero-order valence-electron chi connectivity index (χ0n) is 25.3. The van der Waals surface area contributed by atoms with Crippen LogP contribution in [0.25, 0.3) is 22.2 Å². The summed E-state index contributed by atoms with van der Waals surface area (Å²) in [7, 11) is 5.27. The van der Waals surface area contributed by atoms with E-state index in [0.717, 1.165) is 39.1 Å². The number of pyridine rings is 1. The second-order valence-electron chi connectivity index (χ2n) is 10.6. The molecular weight excluding hydrogens is 566 g/mol. The van der Waals surface area contributed by atoms with Crippen LogP contribution in [-0.4, -0.2) is 97.9 Å². The number of methoxy groups -OCH3 is 2. The summed E-state index contributed by atoms with van der Waals surface area (Å²) < 4.78 is 12.5. The number of amides is 2. The van der Waals surface area contributed by atoms with Gasteiger partial charge < -0.3 is 28.7 Å². The number of hydrogen-bond donors (Lipinski definition) is 0. The number of halogens is 1. The third-order valence-corrected chi connectivity index (χ3v) is 7.92. The van der Waals surface area contributed by atoms with Crippen LogP contribution in [0.1, 0.15) is 26.3 Å². The minimum atomic E-state index is -0.0990. The highest BCUT2D eigenvalue weighted by molar-refractivity contribution is 6.13. The van der Waals surface area contributed by atoms with Gasteiger partial charge in [-0.3, -0.25) is 9.59 Å². The van der Waals surface area contributed by atoms with Gasteiger partial charge in [-0.15, -0.1) is 12.4 Å². The lowest BCUT2D eigenvalue weighted by molar-refractivity contribution is 0.0626. The Balaban J connectivity index is 0.00000423. The van der Waals surface area contributed by atoms with Crippen molar-refractivity contribution in [1.29, 1.82) is 0 Å². The van der Waals surface area contributed by atoms with Gasteiger partial charge in [0.15, 0.2) is 0 Å². The van der Waals surface area contributed by atoms with E-state index in [-0.39, 0.29) is 24.2 Å². The number of benzene rings is 2. The van der Waals surface area contributed by atoms with E-state index in [1.165, 1.54) is 0 Å². The van der Waals surface area contributed by atoms with Crippen LogP contribution in [0.3, 0.4) is 0 Å². The lowest BCUT2D eigenvalue weighted by Gasteiger charge is -2.35. The van der Waals surface area contributed by atoms with Crippen molar-refractivity contribution in [2.75, 3.05) is 71.6 Å². The Hall–Kier alpha value is -3.92. The summed E-state index contributed by atoms with van der Waals surface area (Å²) in [5.74, 6) is 0.744. The molecule has 4 aromatic rings. The van der Waals surface area contributed by atoms with Crippen LogP contribution in [0.15, 0.2) is 66.9 Å². The quantitative estimate of drug-likeness (QED) is 0.261. The van der Waals surface area contributed by atoms with Crippen molar-refractivity contribution in [2.24, 2.45) is 7.05 Å². The monoisotopic (exact) mass is 605 g/mol. The van der Waals surface area contributed by atoms with Crippen molar-refractivity contribution in [2.45, 2.75) is 6.92 Å². The fourth-order valence-corrected chi connectivity index (χ4v) is 5.61. The maximum atomic E-state index is 14.1. The molecule has 0 saturated carbocycles. The Morgan fingerprint density at radius 2 is 1.58 bits per heavy atom. The summed E-state index contributed by atoms with van der Waals surface area (Å²) in [6.45, 7) is 6.42. The van der Waals surface area contributed by atoms with Crippen LogP contribution in [0.4, 0.5) is 5.82 Å². The van der Waals surface area contributed by atoms with Gasteiger partial charge in [0.05, 0.1) is 30.0 Å². The molecule has 0 aliphatic carbocycles. The molecule has 1 fully saturated rings. The Morgan fingerprint density at radius 1 is 0.907 bits per heavy atom. The van der Waals surface area contributed by atoms with E-state index in [1.54, 1.807) is 25.3 Å². The maximum Gasteiger partial charge on any atom is 0.256 e. The van der Waals surface area contributed by atoms with Crippen LogP contribution in [0, 0.1) is 6.92 Å². The summed E-state index contributed by atoms with van der Waals surface area (Å²) in [4.78, 5) is 37.6. The molecular formula is C33H40ClN5O4. The van der Waals surface area contributed by atoms with Crippen LogP contribution in [-0.2, 0) is 16.5 Å². The fourth-order valence-electron chi connectivity index (χ4n) is 5.61. The fraction of sp³-hybridized carbons (Fsp3) is 0.364. The molecule has 1 aliphatic heterocycles. The van der Waals surface area contributed by atoms with Gasteiger partial charge in [0, 0.05) is 77.6 Å². The molecule has 1 aliphatic rings. The first-order valence-corrected chi connectivity index (χ1v) is 14.3. The first-order chi connectivity index (χ1) is 20.4. The number of piperazine rings is 1. The molecule has 5 rings (SSSR count). The second kappa shape index (κ2) is 14.5. The van der Waals surface area contributed by atoms with Gasteiger partial charge in [0.1, 0.15) is 5.82 Å². The number of aromatic nitrogens is 2. The Bertz CT molecular complexity index is 1520. The molecule has 0 N–H and O–H groups in total. The van der Waals surface area contributed by atoms with E-state index in [0.29, 0.717) is 58.0 Å². The Kier molecular flexibility index (Phi) is 10.8. The van der Waals surface area contributed by atoms with Gasteiger partial charge in [0.2, 0.25) is 0 Å². The van der Waals surface area contributed by atoms with Crippen LogP contribution in [0.5, 0.6) is 0 Å². The number of rotatable bonds is 10. The summed E-state index contributed by atoms with van der Waals surface area (Å²) >= 11 is 0. The van der Waals surface area contributed by atoms with Crippen molar-refractivity contribution < 1.29 is 19.1 Å². The van der Waals surface area contributed by atoms with Crippen LogP contribution < -0.4 is 4.90 Å². The standard InChI is InChI=1S/C33H39N5O4.ClH/c1-24-10-12-28-27(22-24)30(31(35(28)2)25-8-6-5-7-9-25)33(40)37-16-14-36(15-17-37)29-13-11-26(23-34-29)32(39)38(18-20-41-3)19-21-42-4;/h5-13,22-23H,14-21H2,1-4H3;1H. The van der Waals surface area contributed by atoms with Crippen molar-refractivity contribution in [3.63, 3.8) is 0 Å². The zero-order chi connectivity index (χ0) is 29.6. The molecule has 0 bridgehead atoms. The number of anilines is 1. The first kappa shape index (κ1) is 32.0. The zero-order valence-corrected chi connectivity index (χ0v) is 26.1. The van der Waals surface area contributed by atoms with Crippen molar-refractivity contribution in [3.05, 3.63) is 83.6 Å². The average molecular weight is 606 g/mol. The number of aryl methyl sites for hydroxylation is 2. The number of nitrogens with zero attached hydrogens (tertiary/aromatic N) is 5. The minimum Gasteiger partial charge on any atom is -0.383 e. The van der Waals surface area contributed by atoms with Gasteiger partial charge in [-0.25, -0.2) is 4.98 Å². The first-order valence-electron chi connectivity index (χ1n) is 14.3. The highest BCUT2D eigenvalue weighted by atomic mass is 35.5. The van der Waals surface area contributed by atoms with E-state index in [2.05, 4.69) is 51.7 Å². The van der Waals surface area contributed by atoms with E-state index >= 15 is 0 Å². The smallest absolute Gasteiger partial charge is 0.256 e. The Labute approximate surface area is 259 Å². The summed E-state index contributed by atoms with van der Waals surface area (Å²) in [6.07, 6.45) is 1.63. The molecule has 2 aromatic carbocycles. The molecule has 1 saturated heterocycles. The number of hydrogen-bond acceptors (Lipinski definition) is 6. The number of fused-ring (bicyclic) bond motifs is 1. The highest BCUT2D eigenvalue weighted by Crippen LogP contribution is 2.35.